The molecule has 1 aliphatic heterocycles. The highest BCUT2D eigenvalue weighted by Crippen LogP contribution is 2.35. The number of halogens is 2. The standard InChI is InChI=1S/C12H10Br2N2OS2/c13-4-7-3-11(17)16(5-7)12-15-8(6-18-12)9-1-2-10(14)19-9/h1-2,6-7H,3-5H2. The van der Waals surface area contributed by atoms with Gasteiger partial charge < -0.3 is 0 Å². The van der Waals surface area contributed by atoms with Crippen molar-refractivity contribution in [3.63, 3.8) is 0 Å². The summed E-state index contributed by atoms with van der Waals surface area (Å²) in [5.41, 5.74) is 0.950. The van der Waals surface area contributed by atoms with E-state index in [-0.39, 0.29) is 5.91 Å². The predicted octanol–water partition coefficient (Wildman–Crippen LogP) is 4.38. The van der Waals surface area contributed by atoms with Gasteiger partial charge in [0.05, 0.1) is 14.4 Å². The Hall–Kier alpha value is -0.240. The van der Waals surface area contributed by atoms with E-state index < -0.39 is 0 Å². The number of carbonyl (C=O) groups excluding carboxylic acids is 1. The molecular formula is C12H10Br2N2OS2. The highest BCUT2D eigenvalue weighted by Gasteiger charge is 2.31. The lowest BCUT2D eigenvalue weighted by molar-refractivity contribution is -0.117. The zero-order chi connectivity index (χ0) is 13.4. The molecule has 1 atom stereocenters. The number of aromatic nitrogens is 1. The van der Waals surface area contributed by atoms with E-state index in [2.05, 4.69) is 36.8 Å². The van der Waals surface area contributed by atoms with Gasteiger partial charge in [-0.3, -0.25) is 9.69 Å². The van der Waals surface area contributed by atoms with Crippen LogP contribution in [0.1, 0.15) is 6.42 Å². The number of alkyl halides is 1. The fraction of sp³-hybridized carbons (Fsp3) is 0.333. The summed E-state index contributed by atoms with van der Waals surface area (Å²) in [5.74, 6) is 0.577. The molecule has 0 radical (unpaired) electrons. The molecule has 2 aromatic rings. The summed E-state index contributed by atoms with van der Waals surface area (Å²) in [7, 11) is 0. The van der Waals surface area contributed by atoms with Gasteiger partial charge in [-0.1, -0.05) is 15.9 Å². The van der Waals surface area contributed by atoms with Crippen LogP contribution in [0.3, 0.4) is 0 Å². The summed E-state index contributed by atoms with van der Waals surface area (Å²) >= 11 is 10.1. The second-order valence-electron chi connectivity index (χ2n) is 4.35. The summed E-state index contributed by atoms with van der Waals surface area (Å²) in [6, 6.07) is 4.06. The minimum absolute atomic E-state index is 0.178. The first kappa shape index (κ1) is 13.7. The number of hydrogen-bond donors (Lipinski definition) is 0. The van der Waals surface area contributed by atoms with Crippen LogP contribution in [0, 0.1) is 5.92 Å². The maximum atomic E-state index is 12.0. The summed E-state index contributed by atoms with van der Waals surface area (Å²) < 4.78 is 1.09. The number of carbonyl (C=O) groups is 1. The molecule has 0 saturated carbocycles. The number of rotatable bonds is 3. The molecule has 1 saturated heterocycles. The van der Waals surface area contributed by atoms with E-state index in [1.54, 1.807) is 11.3 Å². The quantitative estimate of drug-likeness (QED) is 0.688. The molecule has 3 rings (SSSR count). The van der Waals surface area contributed by atoms with Gasteiger partial charge in [-0.05, 0) is 34.0 Å². The van der Waals surface area contributed by atoms with Gasteiger partial charge in [0.15, 0.2) is 5.13 Å². The maximum absolute atomic E-state index is 12.0. The largest absolute Gasteiger partial charge is 0.288 e. The summed E-state index contributed by atoms with van der Waals surface area (Å²) in [4.78, 5) is 19.5. The highest BCUT2D eigenvalue weighted by atomic mass is 79.9. The van der Waals surface area contributed by atoms with E-state index in [4.69, 9.17) is 0 Å². The zero-order valence-electron chi connectivity index (χ0n) is 9.81. The van der Waals surface area contributed by atoms with Gasteiger partial charge >= 0.3 is 0 Å². The van der Waals surface area contributed by atoms with Crippen molar-refractivity contribution < 1.29 is 4.79 Å². The number of hydrogen-bond acceptors (Lipinski definition) is 4. The van der Waals surface area contributed by atoms with E-state index in [0.717, 1.165) is 31.4 Å². The zero-order valence-corrected chi connectivity index (χ0v) is 14.6. The second kappa shape index (κ2) is 5.63. The van der Waals surface area contributed by atoms with Crippen LogP contribution in [0.15, 0.2) is 21.3 Å². The van der Waals surface area contributed by atoms with E-state index in [1.807, 2.05) is 22.4 Å². The third-order valence-corrected chi connectivity index (χ3v) is 6.40. The van der Waals surface area contributed by atoms with Crippen molar-refractivity contribution in [3.8, 4) is 10.6 Å². The lowest BCUT2D eigenvalue weighted by atomic mass is 10.2. The predicted molar refractivity (Wildman–Crippen MR) is 87.4 cm³/mol. The molecule has 100 valence electrons. The molecule has 1 amide bonds. The fourth-order valence-electron chi connectivity index (χ4n) is 2.02. The van der Waals surface area contributed by atoms with Gasteiger partial charge in [0.25, 0.3) is 0 Å². The molecule has 0 bridgehead atoms. The normalized spacial score (nSPS) is 19.4. The van der Waals surface area contributed by atoms with Crippen LogP contribution >= 0.6 is 54.5 Å². The minimum Gasteiger partial charge on any atom is -0.288 e. The molecule has 1 unspecified atom stereocenters. The molecule has 3 nitrogen and oxygen atoms in total. The van der Waals surface area contributed by atoms with Gasteiger partial charge in [-0.2, -0.15) is 0 Å². The van der Waals surface area contributed by atoms with Crippen LogP contribution in [-0.4, -0.2) is 22.8 Å². The van der Waals surface area contributed by atoms with Gasteiger partial charge in [-0.15, -0.1) is 22.7 Å². The molecule has 7 heteroatoms. The Morgan fingerprint density at radius 2 is 2.32 bits per heavy atom. The maximum Gasteiger partial charge on any atom is 0.229 e. The molecule has 3 heterocycles. The Labute approximate surface area is 135 Å². The van der Waals surface area contributed by atoms with Gasteiger partial charge in [0.1, 0.15) is 0 Å². The highest BCUT2D eigenvalue weighted by molar-refractivity contribution is 9.11. The minimum atomic E-state index is 0.178. The second-order valence-corrected chi connectivity index (χ2v) is 8.29. The molecule has 1 aliphatic rings. The van der Waals surface area contributed by atoms with Crippen LogP contribution in [0.2, 0.25) is 0 Å². The SMILES string of the molecule is O=C1CC(CBr)CN1c1nc(-c2ccc(Br)s2)cs1. The van der Waals surface area contributed by atoms with Crippen LogP contribution < -0.4 is 4.90 Å². The smallest absolute Gasteiger partial charge is 0.229 e. The van der Waals surface area contributed by atoms with Crippen molar-refractivity contribution in [2.24, 2.45) is 5.92 Å². The monoisotopic (exact) mass is 420 g/mol. The summed E-state index contributed by atoms with van der Waals surface area (Å²) in [6.45, 7) is 0.769. The summed E-state index contributed by atoms with van der Waals surface area (Å²) in [5, 5.41) is 3.70. The first-order chi connectivity index (χ1) is 9.17. The third-order valence-electron chi connectivity index (χ3n) is 2.97. The molecule has 0 spiro atoms. The van der Waals surface area contributed by atoms with Gasteiger partial charge in [-0.25, -0.2) is 4.98 Å². The van der Waals surface area contributed by atoms with E-state index in [1.165, 1.54) is 11.3 Å². The van der Waals surface area contributed by atoms with E-state index in [9.17, 15) is 4.79 Å². The number of thiazole rings is 1. The van der Waals surface area contributed by atoms with Crippen LogP contribution in [0.5, 0.6) is 0 Å². The Morgan fingerprint density at radius 3 is 2.95 bits per heavy atom. The topological polar surface area (TPSA) is 33.2 Å². The average molecular weight is 422 g/mol. The van der Waals surface area contributed by atoms with Crippen LogP contribution in [0.25, 0.3) is 10.6 Å². The first-order valence-electron chi connectivity index (χ1n) is 5.75. The van der Waals surface area contributed by atoms with Crippen molar-refractivity contribution in [1.82, 2.24) is 4.98 Å². The number of anilines is 1. The lowest BCUT2D eigenvalue weighted by Crippen LogP contribution is -2.24. The molecule has 0 aromatic carbocycles. The van der Waals surface area contributed by atoms with Crippen molar-refractivity contribution in [2.75, 3.05) is 16.8 Å². The number of thiophene rings is 1. The average Bonchev–Trinajstić information content (AvgIpc) is 3.07. The van der Waals surface area contributed by atoms with Crippen molar-refractivity contribution in [1.29, 1.82) is 0 Å². The lowest BCUT2D eigenvalue weighted by Gasteiger charge is -2.11. The van der Waals surface area contributed by atoms with Crippen molar-refractivity contribution >= 4 is 65.6 Å². The van der Waals surface area contributed by atoms with E-state index in [0.29, 0.717) is 12.3 Å². The molecule has 0 aliphatic carbocycles. The summed E-state index contributed by atoms with van der Waals surface area (Å²) in [6.07, 6.45) is 0.616. The molecular weight excluding hydrogens is 412 g/mol. The van der Waals surface area contributed by atoms with Crippen LogP contribution in [-0.2, 0) is 4.79 Å². The molecule has 2 aromatic heterocycles. The van der Waals surface area contributed by atoms with Gasteiger partial charge in [0.2, 0.25) is 5.91 Å². The number of amides is 1. The first-order valence-corrected chi connectivity index (χ1v) is 9.36. The Morgan fingerprint density at radius 1 is 1.47 bits per heavy atom. The molecule has 19 heavy (non-hydrogen) atoms. The molecule has 1 fully saturated rings. The Bertz CT molecular complexity index is 610. The van der Waals surface area contributed by atoms with Crippen molar-refractivity contribution in [3.05, 3.63) is 21.3 Å². The third kappa shape index (κ3) is 2.79. The molecule has 0 N–H and O–H groups in total. The van der Waals surface area contributed by atoms with Crippen LogP contribution in [0.4, 0.5) is 5.13 Å². The van der Waals surface area contributed by atoms with Gasteiger partial charge in [0, 0.05) is 23.7 Å². The Balaban J connectivity index is 1.84. The fourth-order valence-corrected chi connectivity index (χ4v) is 4.73. The van der Waals surface area contributed by atoms with E-state index >= 15 is 0 Å². The number of nitrogens with zero attached hydrogens (tertiary/aromatic N) is 2. The van der Waals surface area contributed by atoms with Crippen molar-refractivity contribution in [2.45, 2.75) is 6.42 Å². The Kier molecular flexibility index (Phi) is 4.07.